The van der Waals surface area contributed by atoms with Gasteiger partial charge in [-0.1, -0.05) is 6.07 Å². The molecule has 0 amide bonds. The van der Waals surface area contributed by atoms with E-state index >= 15 is 0 Å². The van der Waals surface area contributed by atoms with Gasteiger partial charge in [-0.2, -0.15) is 0 Å². The van der Waals surface area contributed by atoms with Crippen LogP contribution in [0.1, 0.15) is 25.3 Å². The van der Waals surface area contributed by atoms with E-state index in [1.165, 1.54) is 13.2 Å². The highest BCUT2D eigenvalue weighted by atomic mass is 32.2. The number of methoxy groups -OCH3 is 1. The van der Waals surface area contributed by atoms with Crippen LogP contribution in [0, 0.1) is 0 Å². The molecule has 0 spiro atoms. The summed E-state index contributed by atoms with van der Waals surface area (Å²) in [7, 11) is -2.34. The molecule has 21 heavy (non-hydrogen) atoms. The molecule has 1 unspecified atom stereocenters. The van der Waals surface area contributed by atoms with E-state index in [-0.39, 0.29) is 17.3 Å². The van der Waals surface area contributed by atoms with E-state index < -0.39 is 15.6 Å². The van der Waals surface area contributed by atoms with Gasteiger partial charge in [0.15, 0.2) is 0 Å². The summed E-state index contributed by atoms with van der Waals surface area (Å²) in [5.41, 5.74) is -0.113. The molecule has 2 rings (SSSR count). The van der Waals surface area contributed by atoms with Gasteiger partial charge in [-0.25, -0.2) is 13.1 Å². The van der Waals surface area contributed by atoms with Gasteiger partial charge in [-0.15, -0.1) is 0 Å². The molecule has 0 aliphatic carbocycles. The Balaban J connectivity index is 2.34. The highest BCUT2D eigenvalue weighted by Gasteiger charge is 2.34. The zero-order valence-corrected chi connectivity index (χ0v) is 13.1. The van der Waals surface area contributed by atoms with Crippen molar-refractivity contribution >= 4 is 10.0 Å². The highest BCUT2D eigenvalue weighted by Crippen LogP contribution is 2.28. The SMILES string of the molecule is COc1ccc(CO)cc1S(=O)(=O)NC1(C)CCCOC1. The molecule has 6 nitrogen and oxygen atoms in total. The number of hydrogen-bond acceptors (Lipinski definition) is 5. The molecule has 1 aromatic rings. The molecule has 0 bridgehead atoms. The minimum absolute atomic E-state index is 0.0309. The largest absolute Gasteiger partial charge is 0.495 e. The second-order valence-corrected chi connectivity index (χ2v) is 7.12. The van der Waals surface area contributed by atoms with E-state index in [1.54, 1.807) is 12.1 Å². The minimum Gasteiger partial charge on any atom is -0.495 e. The first-order chi connectivity index (χ1) is 9.90. The third kappa shape index (κ3) is 3.74. The number of sulfonamides is 1. The standard InChI is InChI=1S/C14H21NO5S/c1-14(6-3-7-20-10-14)15-21(17,18)13-8-11(9-16)4-5-12(13)19-2/h4-5,8,15-16H,3,6-7,9-10H2,1-2H3. The molecule has 1 heterocycles. The molecule has 0 aromatic heterocycles. The number of hydrogen-bond donors (Lipinski definition) is 2. The molecule has 1 aromatic carbocycles. The van der Waals surface area contributed by atoms with E-state index in [1.807, 2.05) is 6.92 Å². The number of aliphatic hydroxyl groups is 1. The zero-order chi connectivity index (χ0) is 15.5. The Morgan fingerprint density at radius 2 is 2.24 bits per heavy atom. The Morgan fingerprint density at radius 1 is 1.48 bits per heavy atom. The Kier molecular flexibility index (Phi) is 4.88. The number of rotatable bonds is 5. The van der Waals surface area contributed by atoms with Crippen molar-refractivity contribution in [3.8, 4) is 5.75 Å². The van der Waals surface area contributed by atoms with Crippen molar-refractivity contribution in [2.45, 2.75) is 36.8 Å². The summed E-state index contributed by atoms with van der Waals surface area (Å²) < 4.78 is 38.4. The van der Waals surface area contributed by atoms with Crippen LogP contribution in [0.2, 0.25) is 0 Å². The van der Waals surface area contributed by atoms with Gasteiger partial charge in [0.2, 0.25) is 10.0 Å². The van der Waals surface area contributed by atoms with Crippen LogP contribution in [-0.4, -0.2) is 39.4 Å². The highest BCUT2D eigenvalue weighted by molar-refractivity contribution is 7.89. The van der Waals surface area contributed by atoms with Crippen LogP contribution in [0.15, 0.2) is 23.1 Å². The van der Waals surface area contributed by atoms with Crippen molar-refractivity contribution in [3.05, 3.63) is 23.8 Å². The van der Waals surface area contributed by atoms with Gasteiger partial charge in [-0.05, 0) is 37.5 Å². The second kappa shape index (κ2) is 6.31. The fraction of sp³-hybridized carbons (Fsp3) is 0.571. The predicted molar refractivity (Wildman–Crippen MR) is 77.7 cm³/mol. The normalized spacial score (nSPS) is 23.0. The summed E-state index contributed by atoms with van der Waals surface area (Å²) in [4.78, 5) is 0.0309. The average molecular weight is 315 g/mol. The van der Waals surface area contributed by atoms with Crippen LogP contribution < -0.4 is 9.46 Å². The van der Waals surface area contributed by atoms with Gasteiger partial charge in [-0.3, -0.25) is 0 Å². The maximum atomic E-state index is 12.6. The summed E-state index contributed by atoms with van der Waals surface area (Å²) in [6.07, 6.45) is 1.53. The third-order valence-electron chi connectivity index (χ3n) is 3.52. The zero-order valence-electron chi connectivity index (χ0n) is 12.3. The lowest BCUT2D eigenvalue weighted by Crippen LogP contribution is -2.51. The number of aliphatic hydroxyl groups excluding tert-OH is 1. The molecule has 0 radical (unpaired) electrons. The van der Waals surface area contributed by atoms with Crippen LogP contribution >= 0.6 is 0 Å². The fourth-order valence-electron chi connectivity index (χ4n) is 2.42. The molecule has 118 valence electrons. The smallest absolute Gasteiger partial charge is 0.244 e. The van der Waals surface area contributed by atoms with Crippen molar-refractivity contribution in [1.82, 2.24) is 4.72 Å². The van der Waals surface area contributed by atoms with Gasteiger partial charge in [0.1, 0.15) is 10.6 Å². The van der Waals surface area contributed by atoms with Crippen molar-refractivity contribution in [3.63, 3.8) is 0 Å². The minimum atomic E-state index is -3.76. The lowest BCUT2D eigenvalue weighted by molar-refractivity contribution is 0.0386. The maximum Gasteiger partial charge on any atom is 0.244 e. The van der Waals surface area contributed by atoms with Crippen LogP contribution in [0.3, 0.4) is 0 Å². The first kappa shape index (κ1) is 16.2. The van der Waals surface area contributed by atoms with Crippen molar-refractivity contribution < 1.29 is 23.0 Å². The summed E-state index contributed by atoms with van der Waals surface area (Å²) in [6.45, 7) is 2.59. The Morgan fingerprint density at radius 3 is 2.81 bits per heavy atom. The molecule has 1 saturated heterocycles. The van der Waals surface area contributed by atoms with Gasteiger partial charge >= 0.3 is 0 Å². The molecule has 2 N–H and O–H groups in total. The summed E-state index contributed by atoms with van der Waals surface area (Å²) in [5, 5.41) is 9.19. The number of ether oxygens (including phenoxy) is 2. The van der Waals surface area contributed by atoms with E-state index in [0.717, 1.165) is 6.42 Å². The van der Waals surface area contributed by atoms with E-state index in [2.05, 4.69) is 4.72 Å². The van der Waals surface area contributed by atoms with E-state index in [4.69, 9.17) is 9.47 Å². The first-order valence-electron chi connectivity index (χ1n) is 6.80. The average Bonchev–Trinajstić information content (AvgIpc) is 2.46. The first-order valence-corrected chi connectivity index (χ1v) is 8.28. The number of benzene rings is 1. The molecule has 1 aliphatic heterocycles. The molecular formula is C14H21NO5S. The van der Waals surface area contributed by atoms with Crippen LogP contribution in [0.25, 0.3) is 0 Å². The number of nitrogens with one attached hydrogen (secondary N) is 1. The van der Waals surface area contributed by atoms with Gasteiger partial charge in [0.25, 0.3) is 0 Å². The molecule has 7 heteroatoms. The fourth-order valence-corrected chi connectivity index (χ4v) is 4.07. The molecular weight excluding hydrogens is 294 g/mol. The van der Waals surface area contributed by atoms with Gasteiger partial charge in [0.05, 0.1) is 25.9 Å². The topological polar surface area (TPSA) is 84.9 Å². The van der Waals surface area contributed by atoms with Gasteiger partial charge in [0, 0.05) is 6.61 Å². The second-order valence-electron chi connectivity index (χ2n) is 5.47. The lowest BCUT2D eigenvalue weighted by atomic mass is 9.97. The van der Waals surface area contributed by atoms with Crippen molar-refractivity contribution in [2.24, 2.45) is 0 Å². The molecule has 0 saturated carbocycles. The summed E-state index contributed by atoms with van der Waals surface area (Å²) >= 11 is 0. The van der Waals surface area contributed by atoms with Crippen molar-refractivity contribution in [2.75, 3.05) is 20.3 Å². The quantitative estimate of drug-likeness (QED) is 0.848. The van der Waals surface area contributed by atoms with E-state index in [9.17, 15) is 13.5 Å². The Labute approximate surface area is 125 Å². The Bertz CT molecular complexity index is 593. The monoisotopic (exact) mass is 315 g/mol. The molecule has 1 fully saturated rings. The lowest BCUT2D eigenvalue weighted by Gasteiger charge is -2.34. The van der Waals surface area contributed by atoms with E-state index in [0.29, 0.717) is 25.2 Å². The predicted octanol–water partition coefficient (Wildman–Crippen LogP) is 1.03. The van der Waals surface area contributed by atoms with Gasteiger partial charge < -0.3 is 14.6 Å². The summed E-state index contributed by atoms with van der Waals surface area (Å²) in [5.74, 6) is 0.250. The van der Waals surface area contributed by atoms with Crippen molar-refractivity contribution in [1.29, 1.82) is 0 Å². The molecule has 1 aliphatic rings. The third-order valence-corrected chi connectivity index (χ3v) is 5.18. The van der Waals surface area contributed by atoms with Crippen LogP contribution in [0.4, 0.5) is 0 Å². The maximum absolute atomic E-state index is 12.6. The van der Waals surface area contributed by atoms with Crippen LogP contribution in [0.5, 0.6) is 5.75 Å². The Hall–Kier alpha value is -1.15. The summed E-state index contributed by atoms with van der Waals surface area (Å²) in [6, 6.07) is 4.59. The van der Waals surface area contributed by atoms with Crippen LogP contribution in [-0.2, 0) is 21.4 Å². The molecule has 1 atom stereocenters.